The summed E-state index contributed by atoms with van der Waals surface area (Å²) in [6.45, 7) is 5.77. The molecule has 1 saturated heterocycles. The monoisotopic (exact) mass is 241 g/mol. The van der Waals surface area contributed by atoms with Crippen LogP contribution in [-0.2, 0) is 4.79 Å². The summed E-state index contributed by atoms with van der Waals surface area (Å²) in [7, 11) is 4.05. The van der Waals surface area contributed by atoms with Gasteiger partial charge in [-0.2, -0.15) is 0 Å². The molecule has 0 bridgehead atoms. The first kappa shape index (κ1) is 14.5. The first-order valence-corrected chi connectivity index (χ1v) is 6.74. The Morgan fingerprint density at radius 2 is 2.00 bits per heavy atom. The van der Waals surface area contributed by atoms with Gasteiger partial charge in [-0.05, 0) is 46.4 Å². The zero-order chi connectivity index (χ0) is 12.7. The molecule has 0 aromatic heterocycles. The van der Waals surface area contributed by atoms with E-state index in [1.54, 1.807) is 0 Å². The van der Waals surface area contributed by atoms with Crippen LogP contribution in [0.5, 0.6) is 0 Å². The minimum absolute atomic E-state index is 0.105. The van der Waals surface area contributed by atoms with Gasteiger partial charge in [0.2, 0.25) is 5.91 Å². The summed E-state index contributed by atoms with van der Waals surface area (Å²) in [4.78, 5) is 14.4. The number of likely N-dealkylation sites (N-methyl/N-ethyl adjacent to an activating group) is 1. The third kappa shape index (κ3) is 4.28. The molecule has 4 heteroatoms. The molecule has 0 atom stereocenters. The largest absolute Gasteiger partial charge is 0.354 e. The lowest BCUT2D eigenvalue weighted by atomic mass is 9.74. The second-order valence-corrected chi connectivity index (χ2v) is 5.34. The molecule has 100 valence electrons. The number of carbonyl (C=O) groups is 1. The Morgan fingerprint density at radius 1 is 1.35 bits per heavy atom. The van der Waals surface area contributed by atoms with E-state index in [9.17, 15) is 4.79 Å². The predicted octanol–water partition coefficient (Wildman–Crippen LogP) is 0.834. The maximum atomic E-state index is 12.3. The second kappa shape index (κ2) is 6.97. The molecule has 0 aliphatic carbocycles. The number of hydrogen-bond acceptors (Lipinski definition) is 3. The highest BCUT2D eigenvalue weighted by Crippen LogP contribution is 2.34. The zero-order valence-electron chi connectivity index (χ0n) is 11.5. The fraction of sp³-hybridized carbons (Fsp3) is 0.923. The van der Waals surface area contributed by atoms with E-state index < -0.39 is 0 Å². The van der Waals surface area contributed by atoms with Crippen molar-refractivity contribution in [1.82, 2.24) is 15.5 Å². The van der Waals surface area contributed by atoms with Crippen LogP contribution >= 0.6 is 0 Å². The molecule has 1 amide bonds. The first-order chi connectivity index (χ1) is 8.10. The molecule has 0 saturated carbocycles. The summed E-state index contributed by atoms with van der Waals surface area (Å²) in [6.07, 6.45) is 4.06. The summed E-state index contributed by atoms with van der Waals surface area (Å²) in [5.41, 5.74) is -0.105. The molecule has 17 heavy (non-hydrogen) atoms. The maximum Gasteiger partial charge on any atom is 0.226 e. The summed E-state index contributed by atoms with van der Waals surface area (Å²) in [6, 6.07) is 0. The number of amides is 1. The Bertz CT molecular complexity index is 229. The number of carbonyl (C=O) groups excluding carboxylic acids is 1. The number of rotatable bonds is 6. The SMILES string of the molecule is CCCC1(C(=O)NCCN(C)C)CCNCC1. The third-order valence-corrected chi connectivity index (χ3v) is 3.62. The summed E-state index contributed by atoms with van der Waals surface area (Å²) >= 11 is 0. The van der Waals surface area contributed by atoms with Gasteiger partial charge >= 0.3 is 0 Å². The van der Waals surface area contributed by atoms with Crippen molar-refractivity contribution in [2.45, 2.75) is 32.6 Å². The minimum atomic E-state index is -0.105. The average molecular weight is 241 g/mol. The molecule has 4 nitrogen and oxygen atoms in total. The van der Waals surface area contributed by atoms with Gasteiger partial charge in [-0.15, -0.1) is 0 Å². The van der Waals surface area contributed by atoms with Crippen LogP contribution in [0.15, 0.2) is 0 Å². The molecule has 1 heterocycles. The Kier molecular flexibility index (Phi) is 5.92. The van der Waals surface area contributed by atoms with Crippen molar-refractivity contribution in [3.05, 3.63) is 0 Å². The van der Waals surface area contributed by atoms with Crippen molar-refractivity contribution in [2.75, 3.05) is 40.3 Å². The molecule has 1 aliphatic heterocycles. The molecule has 0 aromatic rings. The van der Waals surface area contributed by atoms with Crippen LogP contribution in [-0.4, -0.2) is 51.1 Å². The molecule has 0 unspecified atom stereocenters. The van der Waals surface area contributed by atoms with E-state index >= 15 is 0 Å². The van der Waals surface area contributed by atoms with E-state index in [1.165, 1.54) is 0 Å². The van der Waals surface area contributed by atoms with E-state index in [2.05, 4.69) is 22.5 Å². The highest BCUT2D eigenvalue weighted by atomic mass is 16.2. The standard InChI is InChI=1S/C13H27N3O/c1-4-5-13(6-8-14-9-7-13)12(17)15-10-11-16(2)3/h14H,4-11H2,1-3H3,(H,15,17). The average Bonchev–Trinajstić information content (AvgIpc) is 2.30. The first-order valence-electron chi connectivity index (χ1n) is 6.74. The minimum Gasteiger partial charge on any atom is -0.354 e. The van der Waals surface area contributed by atoms with Crippen LogP contribution in [0.25, 0.3) is 0 Å². The number of hydrogen-bond donors (Lipinski definition) is 2. The van der Waals surface area contributed by atoms with Crippen LogP contribution in [0.4, 0.5) is 0 Å². The third-order valence-electron chi connectivity index (χ3n) is 3.62. The van der Waals surface area contributed by atoms with Crippen LogP contribution < -0.4 is 10.6 Å². The van der Waals surface area contributed by atoms with Crippen LogP contribution in [0.3, 0.4) is 0 Å². The van der Waals surface area contributed by atoms with Crippen molar-refractivity contribution in [1.29, 1.82) is 0 Å². The van der Waals surface area contributed by atoms with E-state index in [0.29, 0.717) is 0 Å². The van der Waals surface area contributed by atoms with Crippen LogP contribution in [0, 0.1) is 5.41 Å². The Labute approximate surface area is 105 Å². The van der Waals surface area contributed by atoms with Gasteiger partial charge < -0.3 is 15.5 Å². The molecule has 0 spiro atoms. The molecule has 1 rings (SSSR count). The van der Waals surface area contributed by atoms with E-state index in [4.69, 9.17) is 0 Å². The molecule has 1 aliphatic rings. The number of nitrogens with zero attached hydrogens (tertiary/aromatic N) is 1. The molecule has 2 N–H and O–H groups in total. The maximum absolute atomic E-state index is 12.3. The fourth-order valence-electron chi connectivity index (χ4n) is 2.56. The van der Waals surface area contributed by atoms with E-state index in [-0.39, 0.29) is 11.3 Å². The normalized spacial score (nSPS) is 19.3. The highest BCUT2D eigenvalue weighted by Gasteiger charge is 2.38. The molecular formula is C13H27N3O. The van der Waals surface area contributed by atoms with Crippen molar-refractivity contribution < 1.29 is 4.79 Å². The zero-order valence-corrected chi connectivity index (χ0v) is 11.5. The second-order valence-electron chi connectivity index (χ2n) is 5.34. The van der Waals surface area contributed by atoms with Gasteiger partial charge in [-0.1, -0.05) is 13.3 Å². The van der Waals surface area contributed by atoms with Gasteiger partial charge in [0.25, 0.3) is 0 Å². The van der Waals surface area contributed by atoms with Gasteiger partial charge in [0.05, 0.1) is 5.41 Å². The van der Waals surface area contributed by atoms with Gasteiger partial charge in [-0.3, -0.25) is 4.79 Å². The van der Waals surface area contributed by atoms with Crippen molar-refractivity contribution in [3.8, 4) is 0 Å². The van der Waals surface area contributed by atoms with Crippen LogP contribution in [0.1, 0.15) is 32.6 Å². The topological polar surface area (TPSA) is 44.4 Å². The van der Waals surface area contributed by atoms with Crippen molar-refractivity contribution >= 4 is 5.91 Å². The Balaban J connectivity index is 2.48. The molecule has 0 radical (unpaired) electrons. The number of piperidine rings is 1. The van der Waals surface area contributed by atoms with Crippen LogP contribution in [0.2, 0.25) is 0 Å². The molecule has 1 fully saturated rings. The van der Waals surface area contributed by atoms with Gasteiger partial charge in [0.1, 0.15) is 0 Å². The summed E-state index contributed by atoms with van der Waals surface area (Å²) in [5, 5.41) is 6.44. The lowest BCUT2D eigenvalue weighted by molar-refractivity contribution is -0.133. The van der Waals surface area contributed by atoms with Gasteiger partial charge in [-0.25, -0.2) is 0 Å². The number of nitrogens with one attached hydrogen (secondary N) is 2. The molecular weight excluding hydrogens is 214 g/mol. The Hall–Kier alpha value is -0.610. The lowest BCUT2D eigenvalue weighted by Gasteiger charge is -2.36. The summed E-state index contributed by atoms with van der Waals surface area (Å²) < 4.78 is 0. The quantitative estimate of drug-likeness (QED) is 0.724. The predicted molar refractivity (Wildman–Crippen MR) is 71.0 cm³/mol. The fourth-order valence-corrected chi connectivity index (χ4v) is 2.56. The van der Waals surface area contributed by atoms with Crippen molar-refractivity contribution in [3.63, 3.8) is 0 Å². The Morgan fingerprint density at radius 3 is 2.53 bits per heavy atom. The van der Waals surface area contributed by atoms with Crippen molar-refractivity contribution in [2.24, 2.45) is 5.41 Å². The van der Waals surface area contributed by atoms with Gasteiger partial charge in [0.15, 0.2) is 0 Å². The van der Waals surface area contributed by atoms with Gasteiger partial charge in [0, 0.05) is 13.1 Å². The summed E-state index contributed by atoms with van der Waals surface area (Å²) in [5.74, 6) is 0.266. The van der Waals surface area contributed by atoms with E-state index in [1.807, 2.05) is 14.1 Å². The molecule has 0 aromatic carbocycles. The smallest absolute Gasteiger partial charge is 0.226 e. The van der Waals surface area contributed by atoms with E-state index in [0.717, 1.165) is 51.9 Å². The lowest BCUT2D eigenvalue weighted by Crippen LogP contribution is -2.48. The highest BCUT2D eigenvalue weighted by molar-refractivity contribution is 5.82.